The van der Waals surface area contributed by atoms with Gasteiger partial charge in [-0.15, -0.1) is 0 Å². The van der Waals surface area contributed by atoms with E-state index in [2.05, 4.69) is 0 Å². The van der Waals surface area contributed by atoms with Crippen molar-refractivity contribution >= 4 is 0 Å². The van der Waals surface area contributed by atoms with Crippen molar-refractivity contribution in [2.75, 3.05) is 0 Å². The van der Waals surface area contributed by atoms with Crippen LogP contribution in [0.25, 0.3) is 0 Å². The molecule has 0 aliphatic carbocycles. The van der Waals surface area contributed by atoms with Crippen molar-refractivity contribution in [3.8, 4) is 0 Å². The molecule has 0 aliphatic heterocycles. The van der Waals surface area contributed by atoms with E-state index in [1.807, 2.05) is 0 Å². The zero-order valence-corrected chi connectivity index (χ0v) is 7.06. The van der Waals surface area contributed by atoms with Gasteiger partial charge in [0.2, 0.25) is 0 Å². The Labute approximate surface area is 88.3 Å². The van der Waals surface area contributed by atoms with Crippen molar-refractivity contribution in [3.05, 3.63) is 39.4 Å². The molecule has 13 heavy (non-hydrogen) atoms. The standard InChI is InChI=1S/6CN.Co/c6*1-2;. The first kappa shape index (κ1) is 78.5. The third-order valence-corrected chi connectivity index (χ3v) is 0. The summed E-state index contributed by atoms with van der Waals surface area (Å²) in [4.78, 5) is 0. The minimum atomic E-state index is 0. The molecule has 0 spiro atoms. The predicted octanol–water partition coefficient (Wildman–Crippen LogP) is 0.576. The van der Waals surface area contributed by atoms with Crippen LogP contribution in [-0.2, 0) is 16.8 Å². The molecular weight excluding hydrogens is 215 g/mol. The molecule has 63 valence electrons. The van der Waals surface area contributed by atoms with Crippen molar-refractivity contribution < 1.29 is 16.8 Å². The van der Waals surface area contributed by atoms with E-state index in [1.165, 1.54) is 0 Å². The fourth-order valence-corrected chi connectivity index (χ4v) is 0. The first-order valence-electron chi connectivity index (χ1n) is 1.34. The van der Waals surface area contributed by atoms with E-state index in [1.54, 1.807) is 0 Å². The van der Waals surface area contributed by atoms with Crippen LogP contribution in [0.3, 0.4) is 0 Å². The van der Waals surface area contributed by atoms with Crippen molar-refractivity contribution in [1.82, 2.24) is 0 Å². The van der Waals surface area contributed by atoms with Crippen LogP contribution in [0.5, 0.6) is 0 Å². The molecule has 0 aromatic carbocycles. The van der Waals surface area contributed by atoms with E-state index in [-0.39, 0.29) is 16.8 Å². The molecule has 0 saturated heterocycles. The Bertz CT molecular complexity index is 92.1. The maximum absolute atomic E-state index is 6.25. The summed E-state index contributed by atoms with van der Waals surface area (Å²) in [6.07, 6.45) is 0. The van der Waals surface area contributed by atoms with Crippen LogP contribution >= 0.6 is 0 Å². The number of nitrogens with zero attached hydrogens (tertiary/aromatic N) is 6. The summed E-state index contributed by atoms with van der Waals surface area (Å²) in [7, 11) is 0. The number of hydrogen-bond donors (Lipinski definition) is 0. The Balaban J connectivity index is -0.00000000655. The quantitative estimate of drug-likeness (QED) is 0.577. The molecule has 0 aliphatic rings. The average molecular weight is 215 g/mol. The second-order valence-corrected chi connectivity index (χ2v) is 0. The first-order chi connectivity index (χ1) is 6.00. The summed E-state index contributed by atoms with van der Waals surface area (Å²) in [6, 6.07) is 0. The van der Waals surface area contributed by atoms with Gasteiger partial charge in [0.15, 0.2) is 39.4 Å². The summed E-state index contributed by atoms with van der Waals surface area (Å²) < 4.78 is 0. The molecule has 0 aromatic heterocycles. The van der Waals surface area contributed by atoms with Gasteiger partial charge < -0.3 is 0 Å². The van der Waals surface area contributed by atoms with Crippen LogP contribution in [0.1, 0.15) is 0 Å². The fraction of sp³-hybridized carbons (Fsp3) is 0. The zero-order valence-electron chi connectivity index (χ0n) is 6.02. The van der Waals surface area contributed by atoms with Gasteiger partial charge in [0.25, 0.3) is 0 Å². The average Bonchev–Trinajstić information content (AvgIpc) is 2.33. The molecule has 0 amide bonds. The molecule has 0 N–H and O–H groups in total. The van der Waals surface area contributed by atoms with Crippen molar-refractivity contribution in [3.63, 3.8) is 0 Å². The first-order valence-corrected chi connectivity index (χ1v) is 1.34. The normalized spacial score (nSPS) is 0.923. The van der Waals surface area contributed by atoms with Crippen LogP contribution in [0.2, 0.25) is 0 Å². The molecule has 0 fully saturated rings. The van der Waals surface area contributed by atoms with Crippen LogP contribution < -0.4 is 0 Å². The predicted molar refractivity (Wildman–Crippen MR) is 29.8 cm³/mol. The van der Waals surface area contributed by atoms with Crippen molar-refractivity contribution in [2.24, 2.45) is 0 Å². The molecule has 0 aromatic rings. The van der Waals surface area contributed by atoms with Crippen molar-refractivity contribution in [1.29, 1.82) is 31.6 Å². The van der Waals surface area contributed by atoms with E-state index >= 15 is 0 Å². The summed E-state index contributed by atoms with van der Waals surface area (Å²) >= 11 is 0. The van der Waals surface area contributed by atoms with E-state index in [0.717, 1.165) is 0 Å². The maximum Gasteiger partial charge on any atom is 0.181 e. The maximum atomic E-state index is 6.25. The third kappa shape index (κ3) is 80.3. The van der Waals surface area contributed by atoms with Gasteiger partial charge >= 0.3 is 0 Å². The van der Waals surface area contributed by atoms with E-state index < -0.39 is 0 Å². The van der Waals surface area contributed by atoms with Gasteiger partial charge in [-0.2, -0.15) is 31.6 Å². The van der Waals surface area contributed by atoms with E-state index in [9.17, 15) is 0 Å². The Morgan fingerprint density at radius 3 is 0.308 bits per heavy atom. The Kier molecular flexibility index (Phi) is 624. The minimum Gasteiger partial charge on any atom is -0.181 e. The van der Waals surface area contributed by atoms with Gasteiger partial charge in [0.1, 0.15) is 0 Å². The molecule has 0 heterocycles. The SMILES string of the molecule is [C]#N.[C]#N.[C]#N.[C]#N.[C]#N.[C]#N.[Co]. The van der Waals surface area contributed by atoms with Gasteiger partial charge in [-0.3, -0.25) is 0 Å². The summed E-state index contributed by atoms with van der Waals surface area (Å²) in [5.41, 5.74) is 0. The smallest absolute Gasteiger partial charge is 0.181 e. The Morgan fingerprint density at radius 2 is 0.308 bits per heavy atom. The minimum absolute atomic E-state index is 0. The van der Waals surface area contributed by atoms with Crippen LogP contribution in [0, 0.1) is 71.0 Å². The molecule has 0 saturated carbocycles. The van der Waals surface area contributed by atoms with Crippen LogP contribution in [0.4, 0.5) is 0 Å². The topological polar surface area (TPSA) is 143 Å². The van der Waals surface area contributed by atoms with Gasteiger partial charge in [-0.05, 0) is 0 Å². The largest absolute Gasteiger partial charge is 0.181 e. The van der Waals surface area contributed by atoms with Crippen molar-refractivity contribution in [2.45, 2.75) is 0 Å². The molecule has 6 nitrogen and oxygen atoms in total. The molecule has 0 bridgehead atoms. The number of hydrogen-bond acceptors (Lipinski definition) is 6. The van der Waals surface area contributed by atoms with Gasteiger partial charge in [-0.1, -0.05) is 0 Å². The Morgan fingerprint density at radius 1 is 0.308 bits per heavy atom. The molecule has 7 radical (unpaired) electrons. The van der Waals surface area contributed by atoms with E-state index in [4.69, 9.17) is 71.0 Å². The molecule has 0 atom stereocenters. The zero-order chi connectivity index (χ0) is 12.0. The van der Waals surface area contributed by atoms with Gasteiger partial charge in [0, 0.05) is 16.8 Å². The fourth-order valence-electron chi connectivity index (χ4n) is 0. The second-order valence-electron chi connectivity index (χ2n) is 0. The summed E-state index contributed by atoms with van der Waals surface area (Å²) in [5, 5.41) is 37.5. The molecule has 7 heteroatoms. The molecule has 0 rings (SSSR count). The molecular formula is C6CoN6. The number of rotatable bonds is 0. The second kappa shape index (κ2) is 103. The van der Waals surface area contributed by atoms with Crippen LogP contribution in [-0.4, -0.2) is 0 Å². The van der Waals surface area contributed by atoms with Crippen LogP contribution in [0.15, 0.2) is 0 Å². The Hall–Kier alpha value is -2.55. The summed E-state index contributed by atoms with van der Waals surface area (Å²) in [6.45, 7) is 28.5. The van der Waals surface area contributed by atoms with E-state index in [0.29, 0.717) is 0 Å². The third-order valence-electron chi connectivity index (χ3n) is 0. The van der Waals surface area contributed by atoms with Gasteiger partial charge in [0.05, 0.1) is 0 Å². The monoisotopic (exact) mass is 215 g/mol. The van der Waals surface area contributed by atoms with Gasteiger partial charge in [-0.25, -0.2) is 0 Å². The molecule has 0 unspecified atom stereocenters. The summed E-state index contributed by atoms with van der Waals surface area (Å²) in [5.74, 6) is 0.